The van der Waals surface area contributed by atoms with E-state index in [1.807, 2.05) is 18.2 Å². The van der Waals surface area contributed by atoms with Crippen molar-refractivity contribution in [1.29, 1.82) is 0 Å². The first-order chi connectivity index (χ1) is 14.1. The number of nitrogens with two attached hydrogens (primary N) is 1. The molecule has 2 aromatic heterocycles. The standard InChI is InChI=1S/C20H19N5O4/c1-28-16-7-12(4-5-15(16)29-10-17(21)26)14-8-18(27)24-20-19(14)23-11-25(20)13-3-2-6-22-9-13/h2-7,9,11,14H,8,10H2,1H3,(H2,21,26)(H,24,27). The van der Waals surface area contributed by atoms with Crippen LogP contribution in [-0.2, 0) is 9.59 Å². The predicted molar refractivity (Wildman–Crippen MR) is 104 cm³/mol. The molecule has 3 aromatic rings. The Morgan fingerprint density at radius 3 is 2.93 bits per heavy atom. The minimum absolute atomic E-state index is 0.110. The quantitative estimate of drug-likeness (QED) is 0.656. The van der Waals surface area contributed by atoms with E-state index in [1.54, 1.807) is 35.4 Å². The topological polar surface area (TPSA) is 121 Å². The average Bonchev–Trinajstić information content (AvgIpc) is 3.15. The van der Waals surface area contributed by atoms with E-state index in [-0.39, 0.29) is 24.9 Å². The van der Waals surface area contributed by atoms with Gasteiger partial charge in [0.25, 0.3) is 5.91 Å². The number of methoxy groups -OCH3 is 1. The van der Waals surface area contributed by atoms with Gasteiger partial charge >= 0.3 is 0 Å². The number of hydrogen-bond donors (Lipinski definition) is 2. The van der Waals surface area contributed by atoms with Crippen LogP contribution in [-0.4, -0.2) is 40.1 Å². The van der Waals surface area contributed by atoms with Gasteiger partial charge in [0.05, 0.1) is 24.7 Å². The molecule has 0 radical (unpaired) electrons. The minimum Gasteiger partial charge on any atom is -0.493 e. The second-order valence-corrected chi connectivity index (χ2v) is 6.53. The lowest BCUT2D eigenvalue weighted by Gasteiger charge is -2.24. The smallest absolute Gasteiger partial charge is 0.255 e. The van der Waals surface area contributed by atoms with Crippen molar-refractivity contribution in [2.45, 2.75) is 12.3 Å². The summed E-state index contributed by atoms with van der Waals surface area (Å²) < 4.78 is 12.6. The van der Waals surface area contributed by atoms with Crippen LogP contribution in [0.3, 0.4) is 0 Å². The number of fused-ring (bicyclic) bond motifs is 1. The van der Waals surface area contributed by atoms with E-state index in [4.69, 9.17) is 15.2 Å². The minimum atomic E-state index is -0.578. The number of carbonyl (C=O) groups excluding carboxylic acids is 2. The first kappa shape index (κ1) is 18.5. The zero-order chi connectivity index (χ0) is 20.4. The van der Waals surface area contributed by atoms with E-state index in [0.29, 0.717) is 17.3 Å². The van der Waals surface area contributed by atoms with Crippen molar-refractivity contribution in [1.82, 2.24) is 14.5 Å². The van der Waals surface area contributed by atoms with Gasteiger partial charge < -0.3 is 20.5 Å². The Morgan fingerprint density at radius 1 is 1.34 bits per heavy atom. The molecule has 1 atom stereocenters. The van der Waals surface area contributed by atoms with Gasteiger partial charge in [0, 0.05) is 18.5 Å². The molecule has 1 aliphatic heterocycles. The van der Waals surface area contributed by atoms with Gasteiger partial charge in [-0.1, -0.05) is 6.07 Å². The highest BCUT2D eigenvalue weighted by Crippen LogP contribution is 2.40. The summed E-state index contributed by atoms with van der Waals surface area (Å²) in [7, 11) is 1.51. The lowest BCUT2D eigenvalue weighted by atomic mass is 9.89. The Morgan fingerprint density at radius 2 is 2.21 bits per heavy atom. The molecule has 9 heteroatoms. The summed E-state index contributed by atoms with van der Waals surface area (Å²) in [6, 6.07) is 9.01. The van der Waals surface area contributed by atoms with Gasteiger partial charge in [-0.2, -0.15) is 0 Å². The number of hydrogen-bond acceptors (Lipinski definition) is 6. The maximum atomic E-state index is 12.4. The zero-order valence-electron chi connectivity index (χ0n) is 15.7. The number of primary amides is 1. The van der Waals surface area contributed by atoms with Crippen molar-refractivity contribution in [3.63, 3.8) is 0 Å². The molecule has 9 nitrogen and oxygen atoms in total. The summed E-state index contributed by atoms with van der Waals surface area (Å²) in [5.74, 6) is 0.522. The van der Waals surface area contributed by atoms with E-state index in [2.05, 4.69) is 15.3 Å². The number of aromatic nitrogens is 3. The van der Waals surface area contributed by atoms with E-state index >= 15 is 0 Å². The van der Waals surface area contributed by atoms with Gasteiger partial charge in [-0.15, -0.1) is 0 Å². The molecule has 3 heterocycles. The van der Waals surface area contributed by atoms with Crippen LogP contribution in [0.5, 0.6) is 11.5 Å². The molecule has 0 spiro atoms. The highest BCUT2D eigenvalue weighted by Gasteiger charge is 2.31. The molecule has 4 rings (SSSR count). The van der Waals surface area contributed by atoms with Crippen LogP contribution >= 0.6 is 0 Å². The van der Waals surface area contributed by atoms with Crippen LogP contribution in [0.25, 0.3) is 5.69 Å². The molecule has 29 heavy (non-hydrogen) atoms. The third-order valence-corrected chi connectivity index (χ3v) is 4.66. The van der Waals surface area contributed by atoms with Crippen molar-refractivity contribution in [3.05, 3.63) is 60.3 Å². The molecule has 3 N–H and O–H groups in total. The Balaban J connectivity index is 1.71. The van der Waals surface area contributed by atoms with Crippen LogP contribution < -0.4 is 20.5 Å². The number of amides is 2. The maximum Gasteiger partial charge on any atom is 0.255 e. The molecule has 0 bridgehead atoms. The molecule has 0 saturated heterocycles. The van der Waals surface area contributed by atoms with Gasteiger partial charge in [-0.25, -0.2) is 4.98 Å². The fraction of sp³-hybridized carbons (Fsp3) is 0.200. The molecule has 0 fully saturated rings. The summed E-state index contributed by atoms with van der Waals surface area (Å²) in [6.07, 6.45) is 5.30. The summed E-state index contributed by atoms with van der Waals surface area (Å²) >= 11 is 0. The Hall–Kier alpha value is -3.88. The van der Waals surface area contributed by atoms with Gasteiger partial charge in [-0.05, 0) is 29.8 Å². The summed E-state index contributed by atoms with van der Waals surface area (Å²) in [4.78, 5) is 32.1. The van der Waals surface area contributed by atoms with Crippen molar-refractivity contribution < 1.29 is 19.1 Å². The summed E-state index contributed by atoms with van der Waals surface area (Å²) in [6.45, 7) is -0.249. The van der Waals surface area contributed by atoms with Crippen LogP contribution in [0, 0.1) is 0 Å². The monoisotopic (exact) mass is 393 g/mol. The molecule has 0 saturated carbocycles. The molecule has 148 valence electrons. The lowest BCUT2D eigenvalue weighted by molar-refractivity contribution is -0.120. The number of ether oxygens (including phenoxy) is 2. The second kappa shape index (κ2) is 7.63. The molecule has 1 aliphatic rings. The van der Waals surface area contributed by atoms with Gasteiger partial charge in [0.15, 0.2) is 18.1 Å². The fourth-order valence-electron chi connectivity index (χ4n) is 3.34. The molecule has 1 unspecified atom stereocenters. The average molecular weight is 393 g/mol. The number of anilines is 1. The normalized spacial score (nSPS) is 15.3. The SMILES string of the molecule is COc1cc(C2CC(=O)Nc3c2ncn3-c2cccnc2)ccc1OCC(N)=O. The molecular weight excluding hydrogens is 374 g/mol. The largest absolute Gasteiger partial charge is 0.493 e. The number of benzene rings is 1. The van der Waals surface area contributed by atoms with Gasteiger partial charge in [0.1, 0.15) is 12.1 Å². The Kier molecular flexibility index (Phi) is 4.86. The van der Waals surface area contributed by atoms with Crippen LogP contribution in [0.1, 0.15) is 23.6 Å². The van der Waals surface area contributed by atoms with Crippen molar-refractivity contribution >= 4 is 17.6 Å². The molecular formula is C20H19N5O4. The molecule has 2 amide bonds. The predicted octanol–water partition coefficient (Wildman–Crippen LogP) is 1.61. The van der Waals surface area contributed by atoms with E-state index in [1.165, 1.54) is 7.11 Å². The highest BCUT2D eigenvalue weighted by atomic mass is 16.5. The zero-order valence-corrected chi connectivity index (χ0v) is 15.7. The maximum absolute atomic E-state index is 12.4. The Labute approximate surface area is 166 Å². The lowest BCUT2D eigenvalue weighted by Crippen LogP contribution is -2.25. The van der Waals surface area contributed by atoms with Gasteiger partial charge in [-0.3, -0.25) is 19.1 Å². The third-order valence-electron chi connectivity index (χ3n) is 4.66. The fourth-order valence-corrected chi connectivity index (χ4v) is 3.34. The first-order valence-electron chi connectivity index (χ1n) is 8.93. The Bertz CT molecular complexity index is 1060. The number of carbonyl (C=O) groups is 2. The van der Waals surface area contributed by atoms with E-state index < -0.39 is 5.91 Å². The van der Waals surface area contributed by atoms with E-state index in [9.17, 15) is 9.59 Å². The van der Waals surface area contributed by atoms with E-state index in [0.717, 1.165) is 16.9 Å². The van der Waals surface area contributed by atoms with Crippen molar-refractivity contribution in [3.8, 4) is 17.2 Å². The summed E-state index contributed by atoms with van der Waals surface area (Å²) in [5.41, 5.74) is 7.53. The highest BCUT2D eigenvalue weighted by molar-refractivity contribution is 5.94. The number of nitrogens with one attached hydrogen (secondary N) is 1. The van der Waals surface area contributed by atoms with Crippen molar-refractivity contribution in [2.75, 3.05) is 19.0 Å². The molecule has 0 aliphatic carbocycles. The van der Waals surface area contributed by atoms with Crippen LogP contribution in [0.15, 0.2) is 49.1 Å². The number of imidazole rings is 1. The number of rotatable bonds is 6. The van der Waals surface area contributed by atoms with Crippen LogP contribution in [0.2, 0.25) is 0 Å². The molecule has 1 aromatic carbocycles. The van der Waals surface area contributed by atoms with Crippen LogP contribution in [0.4, 0.5) is 5.82 Å². The number of nitrogens with zero attached hydrogens (tertiary/aromatic N) is 3. The first-order valence-corrected chi connectivity index (χ1v) is 8.93. The third kappa shape index (κ3) is 3.62. The van der Waals surface area contributed by atoms with Gasteiger partial charge in [0.2, 0.25) is 5.91 Å². The van der Waals surface area contributed by atoms with Crippen molar-refractivity contribution in [2.24, 2.45) is 5.73 Å². The summed E-state index contributed by atoms with van der Waals surface area (Å²) in [5, 5.41) is 2.91. The second-order valence-electron chi connectivity index (χ2n) is 6.53. The number of pyridine rings is 1.